The van der Waals surface area contributed by atoms with Gasteiger partial charge < -0.3 is 9.64 Å². The van der Waals surface area contributed by atoms with E-state index in [1.54, 1.807) is 16.6 Å². The first-order valence-electron chi connectivity index (χ1n) is 6.82. The van der Waals surface area contributed by atoms with Gasteiger partial charge in [0.1, 0.15) is 5.75 Å². The van der Waals surface area contributed by atoms with E-state index in [4.69, 9.17) is 16.3 Å². The molecule has 1 amide bonds. The number of rotatable bonds is 1. The number of hydrogen-bond donors (Lipinski definition) is 0. The molecule has 0 radical (unpaired) electrons. The number of carbonyl (C=O) groups excluding carboxylic acids is 1. The molecule has 0 atom stereocenters. The number of fused-ring (bicyclic) bond motifs is 1. The molecule has 0 spiro atoms. The van der Waals surface area contributed by atoms with Crippen molar-refractivity contribution < 1.29 is 9.53 Å². The van der Waals surface area contributed by atoms with Crippen LogP contribution in [0.4, 0.5) is 5.69 Å². The van der Waals surface area contributed by atoms with Gasteiger partial charge in [-0.1, -0.05) is 23.7 Å². The van der Waals surface area contributed by atoms with Crippen LogP contribution in [-0.4, -0.2) is 28.8 Å². The molecule has 0 unspecified atom stereocenters. The largest absolute Gasteiger partial charge is 0.491 e. The quantitative estimate of drug-likeness (QED) is 0.814. The average molecular weight is 306 g/mol. The Balaban J connectivity index is 2.03. The molecule has 21 heavy (non-hydrogen) atoms. The molecule has 1 aliphatic heterocycles. The number of anilines is 1. The zero-order valence-electron chi connectivity index (χ0n) is 12.0. The summed E-state index contributed by atoms with van der Waals surface area (Å²) < 4.78 is 7.29. The molecule has 0 aliphatic carbocycles. The zero-order valence-corrected chi connectivity index (χ0v) is 12.7. The van der Waals surface area contributed by atoms with Crippen LogP contribution in [-0.2, 0) is 7.05 Å². The lowest BCUT2D eigenvalue weighted by molar-refractivity contribution is 0.0982. The third-order valence-corrected chi connectivity index (χ3v) is 4.10. The smallest absolute Gasteiger partial charge is 0.280 e. The Kier molecular flexibility index (Phi) is 3.59. The van der Waals surface area contributed by atoms with Crippen molar-refractivity contribution in [2.75, 3.05) is 18.1 Å². The van der Waals surface area contributed by atoms with Gasteiger partial charge in [-0.2, -0.15) is 5.10 Å². The van der Waals surface area contributed by atoms with E-state index < -0.39 is 0 Å². The Bertz CT molecular complexity index is 696. The van der Waals surface area contributed by atoms with Crippen LogP contribution in [0.25, 0.3) is 0 Å². The highest BCUT2D eigenvalue weighted by molar-refractivity contribution is 6.34. The number of benzene rings is 1. The van der Waals surface area contributed by atoms with Crippen molar-refractivity contribution in [3.63, 3.8) is 0 Å². The molecule has 0 saturated heterocycles. The van der Waals surface area contributed by atoms with Crippen molar-refractivity contribution in [1.82, 2.24) is 9.78 Å². The van der Waals surface area contributed by atoms with E-state index >= 15 is 0 Å². The van der Waals surface area contributed by atoms with E-state index in [9.17, 15) is 4.79 Å². The molecule has 0 bridgehead atoms. The lowest BCUT2D eigenvalue weighted by atomic mass is 10.2. The Morgan fingerprint density at radius 1 is 1.38 bits per heavy atom. The summed E-state index contributed by atoms with van der Waals surface area (Å²) in [4.78, 5) is 14.5. The molecule has 3 rings (SSSR count). The van der Waals surface area contributed by atoms with E-state index in [1.165, 1.54) is 0 Å². The van der Waals surface area contributed by atoms with E-state index in [0.717, 1.165) is 17.8 Å². The van der Waals surface area contributed by atoms with Gasteiger partial charge in [-0.3, -0.25) is 9.48 Å². The maximum Gasteiger partial charge on any atom is 0.280 e. The second-order valence-corrected chi connectivity index (χ2v) is 5.38. The number of amides is 1. The van der Waals surface area contributed by atoms with Gasteiger partial charge in [-0.25, -0.2) is 0 Å². The Labute approximate surface area is 128 Å². The summed E-state index contributed by atoms with van der Waals surface area (Å²) >= 11 is 6.23. The summed E-state index contributed by atoms with van der Waals surface area (Å²) in [7, 11) is 1.78. The molecule has 110 valence electrons. The normalized spacial score (nSPS) is 14.3. The SMILES string of the molecule is Cc1c(Cl)c(C(=O)N2CCCOc3ccccc32)nn1C. The molecule has 2 aromatic rings. The number of nitrogens with zero attached hydrogens (tertiary/aromatic N) is 3. The standard InChI is InChI=1S/C15H16ClN3O2/c1-10-13(16)14(17-18(10)2)15(20)19-8-5-9-21-12-7-4-3-6-11(12)19/h3-4,6-7H,5,8-9H2,1-2H3. The summed E-state index contributed by atoms with van der Waals surface area (Å²) in [6, 6.07) is 7.53. The van der Waals surface area contributed by atoms with E-state index in [-0.39, 0.29) is 11.6 Å². The van der Waals surface area contributed by atoms with Crippen molar-refractivity contribution in [2.45, 2.75) is 13.3 Å². The van der Waals surface area contributed by atoms with E-state index in [0.29, 0.717) is 23.9 Å². The van der Waals surface area contributed by atoms with Crippen LogP contribution in [0, 0.1) is 6.92 Å². The number of ether oxygens (including phenoxy) is 1. The first-order valence-corrected chi connectivity index (χ1v) is 7.20. The van der Waals surface area contributed by atoms with Crippen LogP contribution >= 0.6 is 11.6 Å². The zero-order chi connectivity index (χ0) is 15.0. The van der Waals surface area contributed by atoms with Crippen LogP contribution in [0.2, 0.25) is 5.02 Å². The van der Waals surface area contributed by atoms with Gasteiger partial charge in [0.2, 0.25) is 0 Å². The minimum absolute atomic E-state index is 0.193. The molecule has 0 saturated carbocycles. The van der Waals surface area contributed by atoms with Gasteiger partial charge in [-0.15, -0.1) is 0 Å². The molecule has 5 nitrogen and oxygen atoms in total. The third-order valence-electron chi connectivity index (χ3n) is 3.65. The van der Waals surface area contributed by atoms with Crippen molar-refractivity contribution in [3.05, 3.63) is 40.7 Å². The number of hydrogen-bond acceptors (Lipinski definition) is 3. The fourth-order valence-corrected chi connectivity index (χ4v) is 2.63. The number of aryl methyl sites for hydroxylation is 1. The Morgan fingerprint density at radius 3 is 2.86 bits per heavy atom. The van der Waals surface area contributed by atoms with Crippen LogP contribution < -0.4 is 9.64 Å². The maximum absolute atomic E-state index is 12.8. The van der Waals surface area contributed by atoms with Crippen molar-refractivity contribution >= 4 is 23.2 Å². The highest BCUT2D eigenvalue weighted by Crippen LogP contribution is 2.32. The molecule has 1 aromatic carbocycles. The van der Waals surface area contributed by atoms with Crippen LogP contribution in [0.5, 0.6) is 5.75 Å². The lowest BCUT2D eigenvalue weighted by Gasteiger charge is -2.20. The fourth-order valence-electron chi connectivity index (χ4n) is 2.39. The number of halogens is 1. The minimum Gasteiger partial charge on any atom is -0.491 e. The topological polar surface area (TPSA) is 47.4 Å². The van der Waals surface area contributed by atoms with Gasteiger partial charge in [0.25, 0.3) is 5.91 Å². The molecule has 1 aromatic heterocycles. The second-order valence-electron chi connectivity index (χ2n) is 5.00. The average Bonchev–Trinajstić information content (AvgIpc) is 2.69. The summed E-state index contributed by atoms with van der Waals surface area (Å²) in [5.41, 5.74) is 1.83. The first kappa shape index (κ1) is 13.9. The van der Waals surface area contributed by atoms with Crippen LogP contribution in [0.3, 0.4) is 0 Å². The molecule has 2 heterocycles. The van der Waals surface area contributed by atoms with Crippen molar-refractivity contribution in [1.29, 1.82) is 0 Å². The predicted molar refractivity (Wildman–Crippen MR) is 81.2 cm³/mol. The second kappa shape index (κ2) is 5.41. The van der Waals surface area contributed by atoms with Gasteiger partial charge >= 0.3 is 0 Å². The lowest BCUT2D eigenvalue weighted by Crippen LogP contribution is -2.32. The molecule has 0 fully saturated rings. The first-order chi connectivity index (χ1) is 10.1. The summed E-state index contributed by atoms with van der Waals surface area (Å²) in [5.74, 6) is 0.522. The predicted octanol–water partition coefficient (Wildman–Crippen LogP) is 2.81. The van der Waals surface area contributed by atoms with Crippen molar-refractivity contribution in [3.8, 4) is 5.75 Å². The van der Waals surface area contributed by atoms with Crippen molar-refractivity contribution in [2.24, 2.45) is 7.05 Å². The molecule has 0 N–H and O–H groups in total. The molecular formula is C15H16ClN3O2. The third kappa shape index (κ3) is 2.38. The molecule has 6 heteroatoms. The summed E-state index contributed by atoms with van der Waals surface area (Å²) in [6.45, 7) is 3.02. The van der Waals surface area contributed by atoms with Crippen LogP contribution in [0.1, 0.15) is 22.6 Å². The van der Waals surface area contributed by atoms with E-state index in [1.807, 2.05) is 31.2 Å². The Hall–Kier alpha value is -2.01. The fraction of sp³-hybridized carbons (Fsp3) is 0.333. The van der Waals surface area contributed by atoms with Crippen LogP contribution in [0.15, 0.2) is 24.3 Å². The molecule has 1 aliphatic rings. The maximum atomic E-state index is 12.8. The highest BCUT2D eigenvalue weighted by atomic mass is 35.5. The number of aromatic nitrogens is 2. The van der Waals surface area contributed by atoms with E-state index in [2.05, 4.69) is 5.10 Å². The minimum atomic E-state index is -0.193. The summed E-state index contributed by atoms with van der Waals surface area (Å²) in [5, 5.41) is 4.65. The number of carbonyl (C=O) groups is 1. The van der Waals surface area contributed by atoms with Gasteiger partial charge in [0.15, 0.2) is 5.69 Å². The van der Waals surface area contributed by atoms with Gasteiger partial charge in [0, 0.05) is 13.6 Å². The summed E-state index contributed by atoms with van der Waals surface area (Å²) in [6.07, 6.45) is 0.768. The highest BCUT2D eigenvalue weighted by Gasteiger charge is 2.27. The van der Waals surface area contributed by atoms with Gasteiger partial charge in [-0.05, 0) is 25.5 Å². The number of para-hydroxylation sites is 2. The van der Waals surface area contributed by atoms with Gasteiger partial charge in [0.05, 0.1) is 23.0 Å². The monoisotopic (exact) mass is 305 g/mol. The Morgan fingerprint density at radius 2 is 2.14 bits per heavy atom. The molecular weight excluding hydrogens is 290 g/mol.